The summed E-state index contributed by atoms with van der Waals surface area (Å²) in [4.78, 5) is 13.9. The van der Waals surface area contributed by atoms with Crippen molar-refractivity contribution in [1.29, 1.82) is 0 Å². The zero-order valence-electron chi connectivity index (χ0n) is 12.2. The van der Waals surface area contributed by atoms with Crippen LogP contribution in [-0.2, 0) is 13.6 Å². The number of hydrogen-bond acceptors (Lipinski definition) is 2. The van der Waals surface area contributed by atoms with Crippen molar-refractivity contribution < 1.29 is 4.79 Å². The summed E-state index contributed by atoms with van der Waals surface area (Å²) in [6.45, 7) is 0.563. The Labute approximate surface area is 129 Å². The van der Waals surface area contributed by atoms with Crippen LogP contribution < -0.4 is 5.32 Å². The first kappa shape index (κ1) is 15.6. The van der Waals surface area contributed by atoms with Gasteiger partial charge in [0.2, 0.25) is 0 Å². The summed E-state index contributed by atoms with van der Waals surface area (Å²) in [5.74, 6) is 0. The van der Waals surface area contributed by atoms with E-state index in [4.69, 9.17) is 11.6 Å². The lowest BCUT2D eigenvalue weighted by Gasteiger charge is -2.21. The lowest BCUT2D eigenvalue weighted by atomic mass is 10.2. The summed E-state index contributed by atoms with van der Waals surface area (Å²) in [6, 6.07) is 2.21. The molecule has 112 valence electrons. The number of carbonyl (C=O) groups is 1. The van der Waals surface area contributed by atoms with Crippen LogP contribution in [0.3, 0.4) is 0 Å². The monoisotopic (exact) mass is 315 g/mol. The van der Waals surface area contributed by atoms with Crippen molar-refractivity contribution in [3.63, 3.8) is 0 Å². The number of aryl methyl sites for hydroxylation is 1. The molecule has 2 rings (SSSR count). The van der Waals surface area contributed by atoms with Gasteiger partial charge in [-0.3, -0.25) is 0 Å². The fraction of sp³-hybridized carbons (Fsp3) is 0.643. The predicted molar refractivity (Wildman–Crippen MR) is 85.4 cm³/mol. The Bertz CT molecular complexity index is 477. The molecule has 0 unspecified atom stereocenters. The van der Waals surface area contributed by atoms with Crippen LogP contribution in [0.2, 0.25) is 5.02 Å². The van der Waals surface area contributed by atoms with Crippen LogP contribution in [0.5, 0.6) is 0 Å². The molecule has 0 saturated heterocycles. The number of rotatable bonds is 4. The minimum absolute atomic E-state index is 0.00549. The third-order valence-corrected chi connectivity index (χ3v) is 5.17. The van der Waals surface area contributed by atoms with Gasteiger partial charge in [-0.2, -0.15) is 11.8 Å². The number of thioether (sulfide) groups is 1. The van der Waals surface area contributed by atoms with Crippen molar-refractivity contribution in [3.8, 4) is 0 Å². The molecule has 1 aromatic rings. The summed E-state index contributed by atoms with van der Waals surface area (Å²) in [5, 5.41) is 4.52. The SMILES string of the molecule is CS[C@H]1CC[C@H](NC(=O)N(C)Cc2cc(Cl)cn2C)C1. The van der Waals surface area contributed by atoms with E-state index in [1.807, 2.05) is 42.7 Å². The quantitative estimate of drug-likeness (QED) is 0.927. The van der Waals surface area contributed by atoms with Crippen molar-refractivity contribution in [2.24, 2.45) is 7.05 Å². The van der Waals surface area contributed by atoms with Crippen LogP contribution in [0.25, 0.3) is 0 Å². The Balaban J connectivity index is 1.85. The third kappa shape index (κ3) is 3.85. The largest absolute Gasteiger partial charge is 0.351 e. The lowest BCUT2D eigenvalue weighted by molar-refractivity contribution is 0.202. The van der Waals surface area contributed by atoms with Gasteiger partial charge in [0.25, 0.3) is 0 Å². The highest BCUT2D eigenvalue weighted by atomic mass is 35.5. The molecule has 2 amide bonds. The van der Waals surface area contributed by atoms with Gasteiger partial charge in [0.1, 0.15) is 0 Å². The molecular formula is C14H22ClN3OS. The molecule has 0 aliphatic heterocycles. The normalized spacial score (nSPS) is 22.0. The van der Waals surface area contributed by atoms with E-state index in [2.05, 4.69) is 11.6 Å². The molecule has 0 bridgehead atoms. The number of carbonyl (C=O) groups excluding carboxylic acids is 1. The van der Waals surface area contributed by atoms with Crippen molar-refractivity contribution in [3.05, 3.63) is 23.0 Å². The molecule has 1 aliphatic carbocycles. The van der Waals surface area contributed by atoms with Gasteiger partial charge in [-0.15, -0.1) is 0 Å². The first-order chi connectivity index (χ1) is 9.49. The number of hydrogen-bond donors (Lipinski definition) is 1. The number of nitrogens with zero attached hydrogens (tertiary/aromatic N) is 2. The van der Waals surface area contributed by atoms with Gasteiger partial charge in [0, 0.05) is 37.3 Å². The van der Waals surface area contributed by atoms with Gasteiger partial charge in [-0.1, -0.05) is 11.6 Å². The van der Waals surface area contributed by atoms with E-state index in [0.717, 1.165) is 18.5 Å². The maximum Gasteiger partial charge on any atom is 0.317 e. The van der Waals surface area contributed by atoms with Gasteiger partial charge in [0.05, 0.1) is 11.6 Å². The van der Waals surface area contributed by atoms with E-state index >= 15 is 0 Å². The summed E-state index contributed by atoms with van der Waals surface area (Å²) in [7, 11) is 3.75. The summed E-state index contributed by atoms with van der Waals surface area (Å²) < 4.78 is 1.95. The summed E-state index contributed by atoms with van der Waals surface area (Å²) >= 11 is 7.85. The molecule has 0 radical (unpaired) electrons. The smallest absolute Gasteiger partial charge is 0.317 e. The van der Waals surface area contributed by atoms with Crippen LogP contribution in [0, 0.1) is 0 Å². The molecule has 1 fully saturated rings. The molecule has 20 heavy (non-hydrogen) atoms. The van der Waals surface area contributed by atoms with Crippen LogP contribution in [0.4, 0.5) is 4.79 Å². The van der Waals surface area contributed by atoms with Crippen LogP contribution >= 0.6 is 23.4 Å². The maximum absolute atomic E-state index is 12.2. The average molecular weight is 316 g/mol. The van der Waals surface area contributed by atoms with Gasteiger partial charge in [-0.05, 0) is 31.6 Å². The van der Waals surface area contributed by atoms with Gasteiger partial charge < -0.3 is 14.8 Å². The Kier molecular flexibility index (Phi) is 5.27. The van der Waals surface area contributed by atoms with Crippen molar-refractivity contribution >= 4 is 29.4 Å². The Hall–Kier alpha value is -0.810. The van der Waals surface area contributed by atoms with Crippen LogP contribution in [0.1, 0.15) is 25.0 Å². The second-order valence-corrected chi connectivity index (χ2v) is 7.01. The number of amides is 2. The zero-order chi connectivity index (χ0) is 14.7. The molecule has 1 N–H and O–H groups in total. The van der Waals surface area contributed by atoms with E-state index < -0.39 is 0 Å². The molecule has 1 heterocycles. The lowest BCUT2D eigenvalue weighted by Crippen LogP contribution is -2.42. The summed E-state index contributed by atoms with van der Waals surface area (Å²) in [5.41, 5.74) is 1.03. The average Bonchev–Trinajstić information content (AvgIpc) is 2.96. The molecule has 0 aromatic carbocycles. The fourth-order valence-electron chi connectivity index (χ4n) is 2.61. The second kappa shape index (κ2) is 6.76. The third-order valence-electron chi connectivity index (χ3n) is 3.87. The number of halogens is 1. The van der Waals surface area contributed by atoms with E-state index in [9.17, 15) is 4.79 Å². The molecule has 2 atom stereocenters. The van der Waals surface area contributed by atoms with Crippen LogP contribution in [0.15, 0.2) is 12.3 Å². The van der Waals surface area contributed by atoms with Gasteiger partial charge in [0.15, 0.2) is 0 Å². The molecule has 6 heteroatoms. The predicted octanol–water partition coefficient (Wildman–Crippen LogP) is 3.10. The molecule has 4 nitrogen and oxygen atoms in total. The van der Waals surface area contributed by atoms with E-state index in [0.29, 0.717) is 22.9 Å². The molecule has 1 aliphatic rings. The van der Waals surface area contributed by atoms with E-state index in [-0.39, 0.29) is 6.03 Å². The molecule has 0 spiro atoms. The van der Waals surface area contributed by atoms with Crippen molar-refractivity contribution in [2.75, 3.05) is 13.3 Å². The molecular weight excluding hydrogens is 294 g/mol. The first-order valence-electron chi connectivity index (χ1n) is 6.84. The standard InChI is InChI=1S/C14H22ClN3OS/c1-17-8-10(15)6-12(17)9-18(2)14(19)16-11-4-5-13(7-11)20-3/h6,8,11,13H,4-5,7,9H2,1-3H3,(H,16,19)/t11-,13-/m0/s1. The second-order valence-electron chi connectivity index (χ2n) is 5.43. The number of nitrogens with one attached hydrogen (secondary N) is 1. The Morgan fingerprint density at radius 3 is 2.90 bits per heavy atom. The van der Waals surface area contributed by atoms with E-state index in [1.54, 1.807) is 4.90 Å². The van der Waals surface area contributed by atoms with Crippen LogP contribution in [-0.4, -0.2) is 40.1 Å². The van der Waals surface area contributed by atoms with Gasteiger partial charge >= 0.3 is 6.03 Å². The molecule has 1 saturated carbocycles. The van der Waals surface area contributed by atoms with Gasteiger partial charge in [-0.25, -0.2) is 4.79 Å². The number of urea groups is 1. The minimum Gasteiger partial charge on any atom is -0.351 e. The Morgan fingerprint density at radius 1 is 1.60 bits per heavy atom. The number of aromatic nitrogens is 1. The summed E-state index contributed by atoms with van der Waals surface area (Å²) in [6.07, 6.45) is 7.35. The highest BCUT2D eigenvalue weighted by Gasteiger charge is 2.26. The van der Waals surface area contributed by atoms with Crippen molar-refractivity contribution in [1.82, 2.24) is 14.8 Å². The highest BCUT2D eigenvalue weighted by Crippen LogP contribution is 2.28. The Morgan fingerprint density at radius 2 is 2.35 bits per heavy atom. The highest BCUT2D eigenvalue weighted by molar-refractivity contribution is 7.99. The van der Waals surface area contributed by atoms with Crippen molar-refractivity contribution in [2.45, 2.75) is 37.1 Å². The minimum atomic E-state index is -0.00549. The topological polar surface area (TPSA) is 37.3 Å². The maximum atomic E-state index is 12.2. The fourth-order valence-corrected chi connectivity index (χ4v) is 3.68. The first-order valence-corrected chi connectivity index (χ1v) is 8.51. The molecule has 1 aromatic heterocycles. The zero-order valence-corrected chi connectivity index (χ0v) is 13.8. The van der Waals surface area contributed by atoms with E-state index in [1.165, 1.54) is 6.42 Å².